The van der Waals surface area contributed by atoms with Gasteiger partial charge in [-0.2, -0.15) is 0 Å². The molecule has 168 valence electrons. The average molecular weight is 419 g/mol. The van der Waals surface area contributed by atoms with Crippen molar-refractivity contribution in [2.75, 3.05) is 48.5 Å². The van der Waals surface area contributed by atoms with Crippen molar-refractivity contribution in [3.8, 4) is 11.5 Å². The van der Waals surface area contributed by atoms with E-state index in [-0.39, 0.29) is 11.3 Å². The molecule has 1 aromatic rings. The van der Waals surface area contributed by atoms with Gasteiger partial charge in [-0.3, -0.25) is 9.79 Å². The second-order valence-electron chi connectivity index (χ2n) is 8.35. The second kappa shape index (κ2) is 10.5. The third-order valence-electron chi connectivity index (χ3n) is 5.90. The van der Waals surface area contributed by atoms with E-state index in [2.05, 4.69) is 24.1 Å². The molecule has 0 spiro atoms. The molecule has 0 radical (unpaired) electrons. The van der Waals surface area contributed by atoms with Gasteiger partial charge in [0, 0.05) is 34.2 Å². The summed E-state index contributed by atoms with van der Waals surface area (Å²) in [5.74, 6) is 2.45. The number of rotatable bonds is 8. The zero-order chi connectivity index (χ0) is 22.3. The predicted octanol–water partition coefficient (Wildman–Crippen LogP) is 3.06. The molecule has 1 fully saturated rings. The first-order chi connectivity index (χ1) is 14.3. The molecule has 1 saturated carbocycles. The molecule has 0 unspecified atom stereocenters. The van der Waals surface area contributed by atoms with Gasteiger partial charge in [-0.1, -0.05) is 12.8 Å². The number of carbonyl (C=O) groups excluding carboxylic acids is 1. The van der Waals surface area contributed by atoms with Crippen LogP contribution in [-0.4, -0.2) is 70.1 Å². The van der Waals surface area contributed by atoms with Crippen molar-refractivity contribution in [3.05, 3.63) is 23.3 Å². The molecule has 0 saturated heterocycles. The molecule has 7 heteroatoms. The summed E-state index contributed by atoms with van der Waals surface area (Å²) in [6.45, 7) is 6.08. The van der Waals surface area contributed by atoms with Crippen LogP contribution in [0.5, 0.6) is 11.5 Å². The smallest absolute Gasteiger partial charge is 0.230 e. The van der Waals surface area contributed by atoms with Gasteiger partial charge in [-0.05, 0) is 49.9 Å². The summed E-state index contributed by atoms with van der Waals surface area (Å²) in [6.07, 6.45) is 4.00. The minimum atomic E-state index is -0.371. The first-order valence-corrected chi connectivity index (χ1v) is 10.7. The van der Waals surface area contributed by atoms with Crippen molar-refractivity contribution in [2.24, 2.45) is 10.4 Å². The predicted molar refractivity (Wildman–Crippen MR) is 121 cm³/mol. The number of methoxy groups -OCH3 is 2. The Bertz CT molecular complexity index is 755. The van der Waals surface area contributed by atoms with Crippen LogP contribution in [0.15, 0.2) is 17.1 Å². The largest absolute Gasteiger partial charge is 0.493 e. The van der Waals surface area contributed by atoms with Crippen molar-refractivity contribution in [3.63, 3.8) is 0 Å². The summed E-state index contributed by atoms with van der Waals surface area (Å²) < 4.78 is 10.9. The molecule has 0 aliphatic heterocycles. The summed E-state index contributed by atoms with van der Waals surface area (Å²) in [4.78, 5) is 21.6. The van der Waals surface area contributed by atoms with Crippen LogP contribution in [0.3, 0.4) is 0 Å². The van der Waals surface area contributed by atoms with Gasteiger partial charge in [0.2, 0.25) is 5.91 Å². The van der Waals surface area contributed by atoms with Crippen LogP contribution in [0.4, 0.5) is 0 Å². The minimum Gasteiger partial charge on any atom is -0.493 e. The van der Waals surface area contributed by atoms with Gasteiger partial charge in [0.05, 0.1) is 26.2 Å². The van der Waals surface area contributed by atoms with E-state index in [4.69, 9.17) is 14.5 Å². The van der Waals surface area contributed by atoms with Gasteiger partial charge in [-0.15, -0.1) is 0 Å². The maximum atomic E-state index is 12.9. The van der Waals surface area contributed by atoms with Crippen LogP contribution in [-0.2, 0) is 11.3 Å². The lowest BCUT2D eigenvalue weighted by Gasteiger charge is -2.30. The van der Waals surface area contributed by atoms with Crippen molar-refractivity contribution < 1.29 is 14.3 Å². The number of hydrogen-bond donors (Lipinski definition) is 1. The molecule has 1 aliphatic carbocycles. The molecule has 1 N–H and O–H groups in total. The number of carbonyl (C=O) groups is 1. The Morgan fingerprint density at radius 1 is 1.13 bits per heavy atom. The van der Waals surface area contributed by atoms with Crippen LogP contribution >= 0.6 is 0 Å². The van der Waals surface area contributed by atoms with E-state index in [1.807, 2.05) is 33.3 Å². The summed E-state index contributed by atoms with van der Waals surface area (Å²) >= 11 is 0. The zero-order valence-electron chi connectivity index (χ0n) is 19.7. The lowest BCUT2D eigenvalue weighted by Crippen LogP contribution is -2.43. The van der Waals surface area contributed by atoms with Crippen LogP contribution in [0.1, 0.15) is 43.7 Å². The van der Waals surface area contributed by atoms with Crippen LogP contribution in [0.2, 0.25) is 0 Å². The Kier molecular flexibility index (Phi) is 8.38. The lowest BCUT2D eigenvalue weighted by atomic mass is 9.85. The Balaban J connectivity index is 2.24. The summed E-state index contributed by atoms with van der Waals surface area (Å²) in [5, 5.41) is 3.38. The number of guanidine groups is 1. The molecule has 1 aliphatic rings. The molecule has 0 bridgehead atoms. The van der Waals surface area contributed by atoms with E-state index in [0.717, 1.165) is 60.8 Å². The van der Waals surface area contributed by atoms with Gasteiger partial charge in [0.15, 0.2) is 17.5 Å². The number of nitrogens with one attached hydrogen (secondary N) is 1. The highest BCUT2D eigenvalue weighted by Crippen LogP contribution is 2.40. The third kappa shape index (κ3) is 5.37. The third-order valence-corrected chi connectivity index (χ3v) is 5.90. The highest BCUT2D eigenvalue weighted by molar-refractivity contribution is 5.84. The Morgan fingerprint density at radius 2 is 1.73 bits per heavy atom. The lowest BCUT2D eigenvalue weighted by molar-refractivity contribution is -0.138. The quantitative estimate of drug-likeness (QED) is 0.519. The standard InChI is InChI=1S/C23H38N4O3/c1-8-24-22(25-16-23(11-9-10-12-23)21(28)26(3)4)27(5)15-18-14-20(30-7)19(29-6)13-17(18)2/h13-14H,8-12,15-16H2,1-7H3,(H,24,25). The number of nitrogens with zero attached hydrogens (tertiary/aromatic N) is 3. The Hall–Kier alpha value is -2.44. The van der Waals surface area contributed by atoms with Gasteiger partial charge < -0.3 is 24.6 Å². The molecule has 1 aromatic carbocycles. The van der Waals surface area contributed by atoms with Gasteiger partial charge >= 0.3 is 0 Å². The summed E-state index contributed by atoms with van der Waals surface area (Å²) in [6, 6.07) is 4.01. The van der Waals surface area contributed by atoms with Crippen LogP contribution in [0.25, 0.3) is 0 Å². The van der Waals surface area contributed by atoms with Crippen molar-refractivity contribution >= 4 is 11.9 Å². The number of ether oxygens (including phenoxy) is 2. The van der Waals surface area contributed by atoms with E-state index in [1.54, 1.807) is 19.1 Å². The fourth-order valence-corrected chi connectivity index (χ4v) is 4.19. The van der Waals surface area contributed by atoms with Crippen molar-refractivity contribution in [1.82, 2.24) is 15.1 Å². The van der Waals surface area contributed by atoms with Gasteiger partial charge in [0.1, 0.15) is 0 Å². The first-order valence-electron chi connectivity index (χ1n) is 10.7. The summed E-state index contributed by atoms with van der Waals surface area (Å²) in [7, 11) is 8.99. The highest BCUT2D eigenvalue weighted by atomic mass is 16.5. The van der Waals surface area contributed by atoms with E-state index in [9.17, 15) is 4.79 Å². The fourth-order valence-electron chi connectivity index (χ4n) is 4.19. The summed E-state index contributed by atoms with van der Waals surface area (Å²) in [5.41, 5.74) is 1.90. The number of benzene rings is 1. The molecule has 2 rings (SSSR count). The van der Waals surface area contributed by atoms with Crippen molar-refractivity contribution in [1.29, 1.82) is 0 Å². The first kappa shape index (κ1) is 23.8. The zero-order valence-corrected chi connectivity index (χ0v) is 19.7. The van der Waals surface area contributed by atoms with Crippen LogP contribution < -0.4 is 14.8 Å². The van der Waals surface area contributed by atoms with Crippen LogP contribution in [0, 0.1) is 12.3 Å². The normalized spacial score (nSPS) is 15.6. The molecule has 0 aromatic heterocycles. The molecule has 30 heavy (non-hydrogen) atoms. The molecular weight excluding hydrogens is 380 g/mol. The number of hydrogen-bond acceptors (Lipinski definition) is 4. The second-order valence-corrected chi connectivity index (χ2v) is 8.35. The van der Waals surface area contributed by atoms with E-state index >= 15 is 0 Å². The molecule has 7 nitrogen and oxygen atoms in total. The Morgan fingerprint density at radius 3 is 2.27 bits per heavy atom. The van der Waals surface area contributed by atoms with E-state index in [0.29, 0.717) is 13.1 Å². The maximum Gasteiger partial charge on any atom is 0.230 e. The SMILES string of the molecule is CCNC(=NCC1(C(=O)N(C)C)CCCC1)N(C)Cc1cc(OC)c(OC)cc1C. The van der Waals surface area contributed by atoms with Crippen molar-refractivity contribution in [2.45, 2.75) is 46.1 Å². The van der Waals surface area contributed by atoms with Gasteiger partial charge in [-0.25, -0.2) is 0 Å². The number of aryl methyl sites for hydroxylation is 1. The fraction of sp³-hybridized carbons (Fsp3) is 0.652. The Labute approximate surface area is 181 Å². The topological polar surface area (TPSA) is 66.4 Å². The number of amides is 1. The highest BCUT2D eigenvalue weighted by Gasteiger charge is 2.42. The maximum absolute atomic E-state index is 12.9. The van der Waals surface area contributed by atoms with E-state index in [1.165, 1.54) is 0 Å². The molecule has 0 atom stereocenters. The van der Waals surface area contributed by atoms with Gasteiger partial charge in [0.25, 0.3) is 0 Å². The molecular formula is C23H38N4O3. The average Bonchev–Trinajstić information content (AvgIpc) is 3.21. The number of aliphatic imine (C=N–C) groups is 1. The molecule has 1 amide bonds. The molecule has 0 heterocycles. The minimum absolute atomic E-state index is 0.193. The van der Waals surface area contributed by atoms with E-state index < -0.39 is 0 Å². The monoisotopic (exact) mass is 418 g/mol.